The molecule has 2 rings (SSSR count). The number of aromatic nitrogens is 1. The lowest BCUT2D eigenvalue weighted by atomic mass is 10.1. The van der Waals surface area contributed by atoms with E-state index in [4.69, 9.17) is 5.11 Å². The number of fused-ring (bicyclic) bond motifs is 1. The summed E-state index contributed by atoms with van der Waals surface area (Å²) in [5.41, 5.74) is 2.67. The Balaban J connectivity index is 2.74. The normalized spacial score (nSPS) is 10.6. The van der Waals surface area contributed by atoms with Gasteiger partial charge in [-0.15, -0.1) is 0 Å². The molecule has 13 heavy (non-hydrogen) atoms. The van der Waals surface area contributed by atoms with E-state index < -0.39 is 0 Å². The standard InChI is InChI=1S/C11H10NO/c1-8-3-2-4-9-5-6-10(7-13)12-11(8)9/h2-7,13H,1H3. The van der Waals surface area contributed by atoms with Crippen molar-refractivity contribution in [1.29, 1.82) is 0 Å². The third kappa shape index (κ3) is 1.40. The second-order valence-corrected chi connectivity index (χ2v) is 3.01. The van der Waals surface area contributed by atoms with Gasteiger partial charge in [-0.1, -0.05) is 24.3 Å². The first-order valence-electron chi connectivity index (χ1n) is 4.15. The highest BCUT2D eigenvalue weighted by molar-refractivity contribution is 5.81. The van der Waals surface area contributed by atoms with Crippen LogP contribution in [-0.4, -0.2) is 10.1 Å². The molecular weight excluding hydrogens is 162 g/mol. The Morgan fingerprint density at radius 2 is 2.08 bits per heavy atom. The van der Waals surface area contributed by atoms with E-state index >= 15 is 0 Å². The van der Waals surface area contributed by atoms with Crippen LogP contribution in [0.15, 0.2) is 30.3 Å². The van der Waals surface area contributed by atoms with Gasteiger partial charge in [0.1, 0.15) is 6.61 Å². The maximum Gasteiger partial charge on any atom is 0.127 e. The zero-order chi connectivity index (χ0) is 9.26. The molecule has 0 atom stereocenters. The predicted molar refractivity (Wildman–Crippen MR) is 51.8 cm³/mol. The Morgan fingerprint density at radius 1 is 1.23 bits per heavy atom. The molecular formula is C11H10NO. The summed E-state index contributed by atoms with van der Waals surface area (Å²) in [4.78, 5) is 4.29. The first-order valence-corrected chi connectivity index (χ1v) is 4.15. The highest BCUT2D eigenvalue weighted by atomic mass is 16.3. The lowest BCUT2D eigenvalue weighted by Crippen LogP contribution is -1.89. The minimum Gasteiger partial charge on any atom is -0.384 e. The van der Waals surface area contributed by atoms with Crippen LogP contribution in [-0.2, 0) is 0 Å². The van der Waals surface area contributed by atoms with Crippen molar-refractivity contribution in [2.75, 3.05) is 0 Å². The molecule has 1 radical (unpaired) electrons. The van der Waals surface area contributed by atoms with E-state index in [2.05, 4.69) is 4.98 Å². The molecule has 2 heteroatoms. The summed E-state index contributed by atoms with van der Waals surface area (Å²) in [5, 5.41) is 9.90. The summed E-state index contributed by atoms with van der Waals surface area (Å²) in [6.45, 7) is 3.03. The summed E-state index contributed by atoms with van der Waals surface area (Å²) < 4.78 is 0. The predicted octanol–water partition coefficient (Wildman–Crippen LogP) is 2.43. The Hall–Kier alpha value is -1.41. The molecule has 1 aromatic heterocycles. The number of aryl methyl sites for hydroxylation is 1. The van der Waals surface area contributed by atoms with Gasteiger partial charge in [0, 0.05) is 5.39 Å². The van der Waals surface area contributed by atoms with Gasteiger partial charge in [-0.3, -0.25) is 0 Å². The molecule has 0 amide bonds. The van der Waals surface area contributed by atoms with Gasteiger partial charge in [-0.2, -0.15) is 0 Å². The van der Waals surface area contributed by atoms with Gasteiger partial charge in [0.15, 0.2) is 0 Å². The van der Waals surface area contributed by atoms with Crippen molar-refractivity contribution in [3.63, 3.8) is 0 Å². The van der Waals surface area contributed by atoms with E-state index in [0.29, 0.717) is 5.69 Å². The van der Waals surface area contributed by atoms with Gasteiger partial charge in [0.25, 0.3) is 0 Å². The Kier molecular flexibility index (Phi) is 1.99. The van der Waals surface area contributed by atoms with E-state index in [-0.39, 0.29) is 0 Å². The van der Waals surface area contributed by atoms with Gasteiger partial charge in [-0.25, -0.2) is 4.98 Å². The van der Waals surface area contributed by atoms with E-state index in [1.54, 1.807) is 6.07 Å². The van der Waals surface area contributed by atoms with Gasteiger partial charge in [0.05, 0.1) is 11.2 Å². The summed E-state index contributed by atoms with van der Waals surface area (Å²) in [6.07, 6.45) is 0. The molecule has 0 aliphatic carbocycles. The molecule has 1 N–H and O–H groups in total. The van der Waals surface area contributed by atoms with Crippen molar-refractivity contribution in [1.82, 2.24) is 4.98 Å². The van der Waals surface area contributed by atoms with Crippen LogP contribution >= 0.6 is 0 Å². The number of aliphatic hydroxyl groups is 1. The van der Waals surface area contributed by atoms with Crippen molar-refractivity contribution in [2.24, 2.45) is 0 Å². The number of nitrogens with zero attached hydrogens (tertiary/aromatic N) is 1. The number of hydrogen-bond acceptors (Lipinski definition) is 2. The summed E-state index contributed by atoms with van der Waals surface area (Å²) >= 11 is 0. The zero-order valence-electron chi connectivity index (χ0n) is 7.36. The van der Waals surface area contributed by atoms with E-state index in [9.17, 15) is 0 Å². The number of aliphatic hydroxyl groups excluding tert-OH is 1. The second-order valence-electron chi connectivity index (χ2n) is 3.01. The minimum atomic E-state index is 0.599. The molecule has 1 heterocycles. The van der Waals surface area contributed by atoms with E-state index in [1.165, 1.54) is 0 Å². The second kappa shape index (κ2) is 3.15. The smallest absolute Gasteiger partial charge is 0.127 e. The number of benzene rings is 1. The molecule has 0 spiro atoms. The quantitative estimate of drug-likeness (QED) is 0.716. The van der Waals surface area contributed by atoms with Gasteiger partial charge in [0.2, 0.25) is 0 Å². The number of pyridine rings is 1. The Morgan fingerprint density at radius 3 is 2.85 bits per heavy atom. The fourth-order valence-corrected chi connectivity index (χ4v) is 1.38. The van der Waals surface area contributed by atoms with Crippen molar-refractivity contribution >= 4 is 10.9 Å². The average molecular weight is 172 g/mol. The monoisotopic (exact) mass is 172 g/mol. The molecule has 2 aromatic rings. The van der Waals surface area contributed by atoms with E-state index in [0.717, 1.165) is 23.1 Å². The van der Waals surface area contributed by atoms with Crippen LogP contribution in [0.2, 0.25) is 0 Å². The van der Waals surface area contributed by atoms with Gasteiger partial charge < -0.3 is 5.11 Å². The first-order chi connectivity index (χ1) is 6.31. The molecule has 65 valence electrons. The van der Waals surface area contributed by atoms with Crippen LogP contribution in [0.5, 0.6) is 0 Å². The lowest BCUT2D eigenvalue weighted by molar-refractivity contribution is 0.411. The molecule has 0 aliphatic heterocycles. The minimum absolute atomic E-state index is 0.599. The number of para-hydroxylation sites is 1. The highest BCUT2D eigenvalue weighted by Crippen LogP contribution is 2.16. The van der Waals surface area contributed by atoms with Crippen molar-refractivity contribution < 1.29 is 5.11 Å². The fraction of sp³-hybridized carbons (Fsp3) is 0.0909. The van der Waals surface area contributed by atoms with Crippen molar-refractivity contribution in [2.45, 2.75) is 6.92 Å². The van der Waals surface area contributed by atoms with Crippen LogP contribution in [0.4, 0.5) is 0 Å². The number of rotatable bonds is 1. The van der Waals surface area contributed by atoms with Crippen LogP contribution in [0, 0.1) is 13.5 Å². The van der Waals surface area contributed by atoms with Crippen LogP contribution < -0.4 is 0 Å². The summed E-state index contributed by atoms with van der Waals surface area (Å²) in [6, 6.07) is 9.77. The number of hydrogen-bond donors (Lipinski definition) is 1. The summed E-state index contributed by atoms with van der Waals surface area (Å²) in [5.74, 6) is 0. The highest BCUT2D eigenvalue weighted by Gasteiger charge is 1.99. The largest absolute Gasteiger partial charge is 0.384 e. The lowest BCUT2D eigenvalue weighted by Gasteiger charge is -2.01. The van der Waals surface area contributed by atoms with Crippen LogP contribution in [0.3, 0.4) is 0 Å². The maximum absolute atomic E-state index is 8.80. The SMILES string of the molecule is Cc1cccc2ccc([CH]O)nc12. The Bertz CT molecular complexity index is 437. The molecule has 2 nitrogen and oxygen atoms in total. The zero-order valence-corrected chi connectivity index (χ0v) is 7.36. The third-order valence-corrected chi connectivity index (χ3v) is 2.08. The van der Waals surface area contributed by atoms with Gasteiger partial charge >= 0.3 is 0 Å². The maximum atomic E-state index is 8.80. The van der Waals surface area contributed by atoms with Crippen molar-refractivity contribution in [3.05, 3.63) is 48.2 Å². The van der Waals surface area contributed by atoms with E-state index in [1.807, 2.05) is 31.2 Å². The van der Waals surface area contributed by atoms with Crippen LogP contribution in [0.1, 0.15) is 11.3 Å². The third-order valence-electron chi connectivity index (χ3n) is 2.08. The Labute approximate surface area is 76.9 Å². The average Bonchev–Trinajstić information content (AvgIpc) is 2.18. The van der Waals surface area contributed by atoms with Gasteiger partial charge in [-0.05, 0) is 18.6 Å². The van der Waals surface area contributed by atoms with Crippen LogP contribution in [0.25, 0.3) is 10.9 Å². The topological polar surface area (TPSA) is 33.1 Å². The molecule has 0 bridgehead atoms. The first kappa shape index (κ1) is 8.20. The molecule has 0 unspecified atom stereocenters. The molecule has 0 fully saturated rings. The molecule has 1 aromatic carbocycles. The summed E-state index contributed by atoms with van der Waals surface area (Å²) in [7, 11) is 0. The molecule has 0 saturated heterocycles. The molecule has 0 aliphatic rings. The fourth-order valence-electron chi connectivity index (χ4n) is 1.38. The molecule has 0 saturated carbocycles. The van der Waals surface area contributed by atoms with Crippen molar-refractivity contribution in [3.8, 4) is 0 Å².